The number of carbonyl (C=O) groups excluding carboxylic acids is 1. The normalized spacial score (nSPS) is 22.9. The fourth-order valence-electron chi connectivity index (χ4n) is 2.23. The Bertz CT molecular complexity index is 280. The number of rotatable bonds is 8. The van der Waals surface area contributed by atoms with Crippen molar-refractivity contribution in [1.82, 2.24) is 5.32 Å². The van der Waals surface area contributed by atoms with Gasteiger partial charge in [-0.2, -0.15) is 0 Å². The molecule has 1 aliphatic carbocycles. The Morgan fingerprint density at radius 2 is 2.11 bits per heavy atom. The first-order valence-electron chi connectivity index (χ1n) is 6.73. The van der Waals surface area contributed by atoms with Gasteiger partial charge in [0.05, 0.1) is 5.92 Å². The second-order valence-electron chi connectivity index (χ2n) is 4.87. The zero-order valence-corrected chi connectivity index (χ0v) is 11.0. The van der Waals surface area contributed by atoms with Crippen molar-refractivity contribution in [2.75, 3.05) is 13.2 Å². The zero-order valence-electron chi connectivity index (χ0n) is 11.0. The highest BCUT2D eigenvalue weighted by molar-refractivity contribution is 5.78. The van der Waals surface area contributed by atoms with Crippen molar-refractivity contribution >= 4 is 11.9 Å². The molecule has 1 fully saturated rings. The van der Waals surface area contributed by atoms with E-state index < -0.39 is 5.97 Å². The first-order valence-corrected chi connectivity index (χ1v) is 6.73. The van der Waals surface area contributed by atoms with Crippen molar-refractivity contribution in [1.29, 1.82) is 0 Å². The SMILES string of the molecule is CCCCCOCC(=O)N[C@@H]1CC[C@@H](C(=O)O)C1. The molecule has 0 heterocycles. The van der Waals surface area contributed by atoms with Crippen LogP contribution in [0.1, 0.15) is 45.4 Å². The molecule has 1 rings (SSSR count). The van der Waals surface area contributed by atoms with E-state index in [1.807, 2.05) is 0 Å². The zero-order chi connectivity index (χ0) is 13.4. The summed E-state index contributed by atoms with van der Waals surface area (Å²) in [5, 5.41) is 11.7. The van der Waals surface area contributed by atoms with Gasteiger partial charge in [0, 0.05) is 12.6 Å². The van der Waals surface area contributed by atoms with Crippen LogP contribution < -0.4 is 5.32 Å². The number of ether oxygens (including phenoxy) is 1. The predicted octanol–water partition coefficient (Wildman–Crippen LogP) is 1.56. The third-order valence-electron chi connectivity index (χ3n) is 3.27. The van der Waals surface area contributed by atoms with Crippen LogP contribution in [-0.2, 0) is 14.3 Å². The molecule has 1 amide bonds. The van der Waals surface area contributed by atoms with Gasteiger partial charge in [-0.1, -0.05) is 19.8 Å². The van der Waals surface area contributed by atoms with Crippen molar-refractivity contribution in [2.45, 2.75) is 51.5 Å². The van der Waals surface area contributed by atoms with Gasteiger partial charge in [0.1, 0.15) is 6.61 Å². The van der Waals surface area contributed by atoms with Gasteiger partial charge in [-0.3, -0.25) is 9.59 Å². The van der Waals surface area contributed by atoms with Crippen LogP contribution in [0.4, 0.5) is 0 Å². The third kappa shape index (κ3) is 5.49. The molecule has 0 saturated heterocycles. The summed E-state index contributed by atoms with van der Waals surface area (Å²) in [7, 11) is 0. The van der Waals surface area contributed by atoms with E-state index in [-0.39, 0.29) is 24.5 Å². The molecule has 104 valence electrons. The Hall–Kier alpha value is -1.10. The maximum Gasteiger partial charge on any atom is 0.306 e. The van der Waals surface area contributed by atoms with Gasteiger partial charge in [0.25, 0.3) is 0 Å². The largest absolute Gasteiger partial charge is 0.481 e. The molecule has 0 aromatic heterocycles. The van der Waals surface area contributed by atoms with Crippen LogP contribution in [0.2, 0.25) is 0 Å². The molecule has 18 heavy (non-hydrogen) atoms. The van der Waals surface area contributed by atoms with Crippen molar-refractivity contribution in [3.05, 3.63) is 0 Å². The topological polar surface area (TPSA) is 75.6 Å². The Kier molecular flexibility index (Phi) is 6.72. The van der Waals surface area contributed by atoms with E-state index in [0.29, 0.717) is 19.4 Å². The Morgan fingerprint density at radius 1 is 1.33 bits per heavy atom. The summed E-state index contributed by atoms with van der Waals surface area (Å²) in [5.41, 5.74) is 0. The molecule has 0 radical (unpaired) electrons. The highest BCUT2D eigenvalue weighted by Gasteiger charge is 2.30. The number of carboxylic acids is 1. The smallest absolute Gasteiger partial charge is 0.306 e. The second-order valence-corrected chi connectivity index (χ2v) is 4.87. The van der Waals surface area contributed by atoms with E-state index in [9.17, 15) is 9.59 Å². The number of hydrogen-bond donors (Lipinski definition) is 2. The van der Waals surface area contributed by atoms with E-state index in [0.717, 1.165) is 25.7 Å². The molecule has 0 unspecified atom stereocenters. The van der Waals surface area contributed by atoms with Crippen molar-refractivity contribution in [3.63, 3.8) is 0 Å². The monoisotopic (exact) mass is 257 g/mol. The molecule has 0 aromatic rings. The molecule has 1 saturated carbocycles. The number of carboxylic acid groups (broad SMARTS) is 1. The van der Waals surface area contributed by atoms with Gasteiger partial charge in [-0.15, -0.1) is 0 Å². The lowest BCUT2D eigenvalue weighted by molar-refractivity contribution is -0.141. The molecule has 0 bridgehead atoms. The van der Waals surface area contributed by atoms with Crippen molar-refractivity contribution < 1.29 is 19.4 Å². The van der Waals surface area contributed by atoms with Gasteiger partial charge < -0.3 is 15.2 Å². The van der Waals surface area contributed by atoms with Crippen LogP contribution in [0.25, 0.3) is 0 Å². The summed E-state index contributed by atoms with van der Waals surface area (Å²) in [6.45, 7) is 2.81. The van der Waals surface area contributed by atoms with Gasteiger partial charge >= 0.3 is 5.97 Å². The van der Waals surface area contributed by atoms with Crippen LogP contribution in [0.3, 0.4) is 0 Å². The summed E-state index contributed by atoms with van der Waals surface area (Å²) >= 11 is 0. The maximum atomic E-state index is 11.5. The van der Waals surface area contributed by atoms with Gasteiger partial charge in [0.15, 0.2) is 0 Å². The van der Waals surface area contributed by atoms with Crippen LogP contribution in [-0.4, -0.2) is 36.2 Å². The van der Waals surface area contributed by atoms with Crippen molar-refractivity contribution in [2.24, 2.45) is 5.92 Å². The molecule has 0 aromatic carbocycles. The van der Waals surface area contributed by atoms with Crippen LogP contribution in [0, 0.1) is 5.92 Å². The summed E-state index contributed by atoms with van der Waals surface area (Å²) in [5.74, 6) is -1.20. The van der Waals surface area contributed by atoms with E-state index in [2.05, 4.69) is 12.2 Å². The molecule has 0 aliphatic heterocycles. The highest BCUT2D eigenvalue weighted by Crippen LogP contribution is 2.25. The maximum absolute atomic E-state index is 11.5. The number of nitrogens with one attached hydrogen (secondary N) is 1. The number of hydrogen-bond acceptors (Lipinski definition) is 3. The Morgan fingerprint density at radius 3 is 2.72 bits per heavy atom. The lowest BCUT2D eigenvalue weighted by Crippen LogP contribution is -2.36. The van der Waals surface area contributed by atoms with Crippen LogP contribution >= 0.6 is 0 Å². The molecular formula is C13H23NO4. The van der Waals surface area contributed by atoms with E-state index in [4.69, 9.17) is 9.84 Å². The van der Waals surface area contributed by atoms with Crippen LogP contribution in [0.15, 0.2) is 0 Å². The first kappa shape index (κ1) is 15.0. The van der Waals surface area contributed by atoms with Gasteiger partial charge in [0.2, 0.25) is 5.91 Å². The van der Waals surface area contributed by atoms with Gasteiger partial charge in [-0.25, -0.2) is 0 Å². The Balaban J connectivity index is 2.08. The minimum Gasteiger partial charge on any atom is -0.481 e. The lowest BCUT2D eigenvalue weighted by Gasteiger charge is -2.12. The molecule has 5 heteroatoms. The minimum atomic E-state index is -0.762. The second kappa shape index (κ2) is 8.08. The number of aliphatic carboxylic acids is 1. The molecule has 0 spiro atoms. The Labute approximate surface area is 108 Å². The fraction of sp³-hybridized carbons (Fsp3) is 0.846. The lowest BCUT2D eigenvalue weighted by atomic mass is 10.1. The van der Waals surface area contributed by atoms with E-state index in [1.54, 1.807) is 0 Å². The quantitative estimate of drug-likeness (QED) is 0.647. The van der Waals surface area contributed by atoms with Crippen LogP contribution in [0.5, 0.6) is 0 Å². The number of unbranched alkanes of at least 4 members (excludes halogenated alkanes) is 2. The fourth-order valence-corrected chi connectivity index (χ4v) is 2.23. The van der Waals surface area contributed by atoms with E-state index >= 15 is 0 Å². The third-order valence-corrected chi connectivity index (χ3v) is 3.27. The minimum absolute atomic E-state index is 0.00200. The standard InChI is InChI=1S/C13H23NO4/c1-2-3-4-7-18-9-12(15)14-11-6-5-10(8-11)13(16)17/h10-11H,2-9H2,1H3,(H,14,15)(H,16,17)/t10-,11-/m1/s1. The average molecular weight is 257 g/mol. The highest BCUT2D eigenvalue weighted by atomic mass is 16.5. The summed E-state index contributed by atoms with van der Waals surface area (Å²) < 4.78 is 5.25. The summed E-state index contributed by atoms with van der Waals surface area (Å²) in [6, 6.07) is -0.00200. The van der Waals surface area contributed by atoms with E-state index in [1.165, 1.54) is 0 Å². The molecular weight excluding hydrogens is 234 g/mol. The molecule has 2 atom stereocenters. The molecule has 2 N–H and O–H groups in total. The number of amides is 1. The van der Waals surface area contributed by atoms with Gasteiger partial charge in [-0.05, 0) is 25.7 Å². The molecule has 1 aliphatic rings. The molecule has 5 nitrogen and oxygen atoms in total. The predicted molar refractivity (Wildman–Crippen MR) is 67.3 cm³/mol. The van der Waals surface area contributed by atoms with Crippen molar-refractivity contribution in [3.8, 4) is 0 Å². The summed E-state index contributed by atoms with van der Waals surface area (Å²) in [4.78, 5) is 22.3. The number of carbonyl (C=O) groups is 2. The average Bonchev–Trinajstić information content (AvgIpc) is 2.77. The summed E-state index contributed by atoms with van der Waals surface area (Å²) in [6.07, 6.45) is 5.17. The first-order chi connectivity index (χ1) is 8.63.